The lowest BCUT2D eigenvalue weighted by Crippen LogP contribution is -2.27. The van der Waals surface area contributed by atoms with Gasteiger partial charge in [0, 0.05) is 24.6 Å². The number of nitrogens with one attached hydrogen (secondary N) is 1. The number of nitrogens with two attached hydrogens (primary N) is 1. The normalized spacial score (nSPS) is 16.3. The first-order valence-electron chi connectivity index (χ1n) is 7.42. The van der Waals surface area contributed by atoms with Gasteiger partial charge in [-0.15, -0.1) is 0 Å². The average Bonchev–Trinajstić information content (AvgIpc) is 2.39. The van der Waals surface area contributed by atoms with Gasteiger partial charge in [0.15, 0.2) is 0 Å². The zero-order valence-electron chi connectivity index (χ0n) is 12.1. The predicted molar refractivity (Wildman–Crippen MR) is 79.4 cm³/mol. The Morgan fingerprint density at radius 1 is 1.45 bits per heavy atom. The highest BCUT2D eigenvalue weighted by atomic mass is 16.5. The van der Waals surface area contributed by atoms with Crippen LogP contribution in [0.3, 0.4) is 0 Å². The molecule has 20 heavy (non-hydrogen) atoms. The standard InChI is InChI=1S/C16H24N2O2/c1-12(17)9-10-16(19)18-11-13-5-2-3-8-15(13)20-14-6-4-7-14/h2-3,5,8,12,14H,4,6-7,9-11,17H2,1H3,(H,18,19). The summed E-state index contributed by atoms with van der Waals surface area (Å²) in [4.78, 5) is 11.7. The minimum atomic E-state index is 0.0424. The van der Waals surface area contributed by atoms with Crippen LogP contribution in [0.5, 0.6) is 5.75 Å². The van der Waals surface area contributed by atoms with E-state index in [1.54, 1.807) is 0 Å². The monoisotopic (exact) mass is 276 g/mol. The number of para-hydroxylation sites is 1. The SMILES string of the molecule is CC(N)CCC(=O)NCc1ccccc1OC1CCC1. The molecule has 0 saturated heterocycles. The van der Waals surface area contributed by atoms with E-state index in [9.17, 15) is 4.79 Å². The maximum absolute atomic E-state index is 11.7. The summed E-state index contributed by atoms with van der Waals surface area (Å²) >= 11 is 0. The van der Waals surface area contributed by atoms with E-state index in [1.807, 2.05) is 31.2 Å². The van der Waals surface area contributed by atoms with Gasteiger partial charge in [-0.05, 0) is 38.7 Å². The Balaban J connectivity index is 1.83. The Labute approximate surface area is 120 Å². The smallest absolute Gasteiger partial charge is 0.220 e. The Bertz CT molecular complexity index is 442. The molecule has 110 valence electrons. The van der Waals surface area contributed by atoms with E-state index in [-0.39, 0.29) is 11.9 Å². The first kappa shape index (κ1) is 14.9. The molecule has 1 aromatic rings. The molecule has 0 aliphatic heterocycles. The number of carbonyl (C=O) groups excluding carboxylic acids is 1. The van der Waals surface area contributed by atoms with E-state index in [2.05, 4.69) is 5.32 Å². The van der Waals surface area contributed by atoms with Crippen molar-refractivity contribution < 1.29 is 9.53 Å². The quantitative estimate of drug-likeness (QED) is 0.803. The molecule has 0 aromatic heterocycles. The fraction of sp³-hybridized carbons (Fsp3) is 0.562. The third-order valence-electron chi connectivity index (χ3n) is 3.62. The number of carbonyl (C=O) groups is 1. The van der Waals surface area contributed by atoms with Crippen molar-refractivity contribution in [2.24, 2.45) is 5.73 Å². The van der Waals surface area contributed by atoms with Crippen molar-refractivity contribution in [2.75, 3.05) is 0 Å². The molecule has 1 aromatic carbocycles. The van der Waals surface area contributed by atoms with Crippen LogP contribution in [0.15, 0.2) is 24.3 Å². The highest BCUT2D eigenvalue weighted by molar-refractivity contribution is 5.75. The molecule has 3 N–H and O–H groups in total. The summed E-state index contributed by atoms with van der Waals surface area (Å²) in [7, 11) is 0. The van der Waals surface area contributed by atoms with Crippen molar-refractivity contribution in [1.82, 2.24) is 5.32 Å². The minimum Gasteiger partial charge on any atom is -0.490 e. The molecule has 4 heteroatoms. The second kappa shape index (κ2) is 7.29. The third-order valence-corrected chi connectivity index (χ3v) is 3.62. The van der Waals surface area contributed by atoms with Gasteiger partial charge >= 0.3 is 0 Å². The minimum absolute atomic E-state index is 0.0424. The highest BCUT2D eigenvalue weighted by Crippen LogP contribution is 2.27. The van der Waals surface area contributed by atoms with Gasteiger partial charge < -0.3 is 15.8 Å². The Hall–Kier alpha value is -1.55. The lowest BCUT2D eigenvalue weighted by molar-refractivity contribution is -0.121. The molecule has 4 nitrogen and oxygen atoms in total. The first-order valence-corrected chi connectivity index (χ1v) is 7.42. The fourth-order valence-electron chi connectivity index (χ4n) is 2.07. The molecule has 1 saturated carbocycles. The molecule has 0 spiro atoms. The van der Waals surface area contributed by atoms with Crippen LogP contribution in [-0.4, -0.2) is 18.1 Å². The highest BCUT2D eigenvalue weighted by Gasteiger charge is 2.20. The van der Waals surface area contributed by atoms with Crippen LogP contribution in [0.4, 0.5) is 0 Å². The van der Waals surface area contributed by atoms with Crippen LogP contribution < -0.4 is 15.8 Å². The number of benzene rings is 1. The third kappa shape index (κ3) is 4.53. The molecule has 1 aliphatic carbocycles. The molecule has 1 atom stereocenters. The Morgan fingerprint density at radius 3 is 2.85 bits per heavy atom. The Morgan fingerprint density at radius 2 is 2.20 bits per heavy atom. The van der Waals surface area contributed by atoms with Crippen LogP contribution in [0, 0.1) is 0 Å². The largest absolute Gasteiger partial charge is 0.490 e. The van der Waals surface area contributed by atoms with Crippen molar-refractivity contribution in [2.45, 2.75) is 57.7 Å². The van der Waals surface area contributed by atoms with Crippen LogP contribution >= 0.6 is 0 Å². The molecular formula is C16H24N2O2. The molecule has 2 rings (SSSR count). The molecule has 1 unspecified atom stereocenters. The molecular weight excluding hydrogens is 252 g/mol. The van der Waals surface area contributed by atoms with Crippen LogP contribution in [0.2, 0.25) is 0 Å². The summed E-state index contributed by atoms with van der Waals surface area (Å²) in [6.45, 7) is 2.43. The van der Waals surface area contributed by atoms with Gasteiger partial charge in [0.05, 0.1) is 6.10 Å². The topological polar surface area (TPSA) is 64.4 Å². The van der Waals surface area contributed by atoms with Gasteiger partial charge in [0.2, 0.25) is 5.91 Å². The van der Waals surface area contributed by atoms with E-state index in [0.29, 0.717) is 25.5 Å². The fourth-order valence-corrected chi connectivity index (χ4v) is 2.07. The lowest BCUT2D eigenvalue weighted by Gasteiger charge is -2.27. The summed E-state index contributed by atoms with van der Waals surface area (Å²) in [5, 5.41) is 2.93. The van der Waals surface area contributed by atoms with Gasteiger partial charge in [0.25, 0.3) is 0 Å². The zero-order valence-corrected chi connectivity index (χ0v) is 12.1. The van der Waals surface area contributed by atoms with E-state index in [1.165, 1.54) is 6.42 Å². The van der Waals surface area contributed by atoms with E-state index in [0.717, 1.165) is 24.2 Å². The number of ether oxygens (including phenoxy) is 1. The molecule has 0 bridgehead atoms. The number of hydrogen-bond acceptors (Lipinski definition) is 3. The van der Waals surface area contributed by atoms with Gasteiger partial charge in [0.1, 0.15) is 5.75 Å². The molecule has 1 fully saturated rings. The lowest BCUT2D eigenvalue weighted by atomic mass is 9.96. The number of hydrogen-bond donors (Lipinski definition) is 2. The second-order valence-corrected chi connectivity index (χ2v) is 5.57. The first-order chi connectivity index (χ1) is 9.65. The van der Waals surface area contributed by atoms with E-state index >= 15 is 0 Å². The van der Waals surface area contributed by atoms with E-state index < -0.39 is 0 Å². The summed E-state index contributed by atoms with van der Waals surface area (Å²) in [5.41, 5.74) is 6.68. The van der Waals surface area contributed by atoms with Crippen molar-refractivity contribution in [1.29, 1.82) is 0 Å². The second-order valence-electron chi connectivity index (χ2n) is 5.57. The zero-order chi connectivity index (χ0) is 14.4. The maximum atomic E-state index is 11.7. The average molecular weight is 276 g/mol. The molecule has 1 amide bonds. The van der Waals surface area contributed by atoms with Crippen molar-refractivity contribution in [3.05, 3.63) is 29.8 Å². The summed E-state index contributed by atoms with van der Waals surface area (Å²) in [5.74, 6) is 0.936. The van der Waals surface area contributed by atoms with Crippen LogP contribution in [-0.2, 0) is 11.3 Å². The predicted octanol–water partition coefficient (Wildman–Crippen LogP) is 2.36. The van der Waals surface area contributed by atoms with Crippen molar-refractivity contribution >= 4 is 5.91 Å². The van der Waals surface area contributed by atoms with E-state index in [4.69, 9.17) is 10.5 Å². The van der Waals surface area contributed by atoms with Crippen molar-refractivity contribution in [3.63, 3.8) is 0 Å². The molecule has 0 heterocycles. The van der Waals surface area contributed by atoms with Gasteiger partial charge in [-0.3, -0.25) is 4.79 Å². The number of amides is 1. The Kier molecular flexibility index (Phi) is 5.41. The summed E-state index contributed by atoms with van der Waals surface area (Å²) < 4.78 is 5.94. The van der Waals surface area contributed by atoms with Gasteiger partial charge in [-0.25, -0.2) is 0 Å². The van der Waals surface area contributed by atoms with Gasteiger partial charge in [-0.1, -0.05) is 18.2 Å². The molecule has 0 radical (unpaired) electrons. The summed E-state index contributed by atoms with van der Waals surface area (Å²) in [6.07, 6.45) is 5.06. The van der Waals surface area contributed by atoms with Gasteiger partial charge in [-0.2, -0.15) is 0 Å². The van der Waals surface area contributed by atoms with Crippen LogP contribution in [0.1, 0.15) is 44.6 Å². The molecule has 1 aliphatic rings. The summed E-state index contributed by atoms with van der Waals surface area (Å²) in [6, 6.07) is 7.98. The maximum Gasteiger partial charge on any atom is 0.220 e. The van der Waals surface area contributed by atoms with Crippen LogP contribution in [0.25, 0.3) is 0 Å². The number of rotatable bonds is 7. The van der Waals surface area contributed by atoms with Crippen molar-refractivity contribution in [3.8, 4) is 5.75 Å².